The summed E-state index contributed by atoms with van der Waals surface area (Å²) in [6.45, 7) is 2.25. The van der Waals surface area contributed by atoms with E-state index in [2.05, 4.69) is 12.2 Å². The van der Waals surface area contributed by atoms with Crippen LogP contribution in [0.2, 0.25) is 0 Å². The van der Waals surface area contributed by atoms with Gasteiger partial charge in [-0.2, -0.15) is 0 Å². The molecule has 1 aliphatic rings. The molecule has 1 heterocycles. The first-order chi connectivity index (χ1) is 7.22. The largest absolute Gasteiger partial charge is 0.376 e. The van der Waals surface area contributed by atoms with E-state index in [1.807, 2.05) is 23.5 Å². The highest BCUT2D eigenvalue weighted by atomic mass is 32.2. The number of unbranched alkanes of at least 4 members (excludes halogenated alkanes) is 2. The van der Waals surface area contributed by atoms with Gasteiger partial charge in [0.05, 0.1) is 4.58 Å². The van der Waals surface area contributed by atoms with Gasteiger partial charge < -0.3 is 11.1 Å². The highest BCUT2D eigenvalue weighted by Gasteiger charge is 2.21. The van der Waals surface area contributed by atoms with E-state index in [0.29, 0.717) is 11.2 Å². The summed E-state index contributed by atoms with van der Waals surface area (Å²) in [6, 6.07) is 0.472. The van der Waals surface area contributed by atoms with Gasteiger partial charge in [0.2, 0.25) is 0 Å². The van der Waals surface area contributed by atoms with E-state index >= 15 is 0 Å². The fraction of sp³-hybridized carbons (Fsp3) is 0.900. The molecule has 0 bridgehead atoms. The Morgan fingerprint density at radius 3 is 2.60 bits per heavy atom. The van der Waals surface area contributed by atoms with Gasteiger partial charge in [0.15, 0.2) is 5.11 Å². The van der Waals surface area contributed by atoms with Gasteiger partial charge in [-0.1, -0.05) is 26.2 Å². The second kappa shape index (κ2) is 7.63. The zero-order chi connectivity index (χ0) is 11.1. The molecule has 0 radical (unpaired) electrons. The molecule has 2 nitrogen and oxygen atoms in total. The Kier molecular flexibility index (Phi) is 6.84. The molecular weight excluding hydrogens is 244 g/mol. The van der Waals surface area contributed by atoms with E-state index in [1.54, 1.807) is 0 Å². The van der Waals surface area contributed by atoms with Crippen molar-refractivity contribution >= 4 is 40.9 Å². The topological polar surface area (TPSA) is 38.0 Å². The first-order valence-electron chi connectivity index (χ1n) is 5.51. The van der Waals surface area contributed by atoms with Gasteiger partial charge in [0.25, 0.3) is 0 Å². The summed E-state index contributed by atoms with van der Waals surface area (Å²) in [5, 5.41) is 3.57. The standard InChI is InChI=1S/C10H20N2S3/c1-2-3-4-5-9-14-6-8(7-15-9)12-10(11)13/h8-9H,2-7H2,1H3,(H3,11,12,13). The number of thiocarbonyl (C=S) groups is 1. The molecule has 0 aromatic rings. The summed E-state index contributed by atoms with van der Waals surface area (Å²) in [7, 11) is 0. The van der Waals surface area contributed by atoms with E-state index in [1.165, 1.54) is 25.7 Å². The van der Waals surface area contributed by atoms with Gasteiger partial charge in [-0.25, -0.2) is 0 Å². The Morgan fingerprint density at radius 1 is 1.40 bits per heavy atom. The van der Waals surface area contributed by atoms with Crippen LogP contribution in [0.5, 0.6) is 0 Å². The minimum Gasteiger partial charge on any atom is -0.376 e. The van der Waals surface area contributed by atoms with E-state index in [0.717, 1.165) is 16.1 Å². The number of thioether (sulfide) groups is 2. The third-order valence-corrected chi connectivity index (χ3v) is 5.70. The Hall–Kier alpha value is 0.390. The number of hydrogen-bond acceptors (Lipinski definition) is 3. The third kappa shape index (κ3) is 5.88. The monoisotopic (exact) mass is 264 g/mol. The minimum absolute atomic E-state index is 0.436. The molecule has 0 saturated carbocycles. The zero-order valence-electron chi connectivity index (χ0n) is 9.20. The highest BCUT2D eigenvalue weighted by molar-refractivity contribution is 8.17. The maximum absolute atomic E-state index is 5.46. The number of rotatable bonds is 5. The lowest BCUT2D eigenvalue weighted by Gasteiger charge is -2.28. The predicted octanol–water partition coefficient (Wildman–Crippen LogP) is 2.57. The van der Waals surface area contributed by atoms with Crippen molar-refractivity contribution in [2.45, 2.75) is 43.2 Å². The van der Waals surface area contributed by atoms with Crippen LogP contribution in [0.15, 0.2) is 0 Å². The van der Waals surface area contributed by atoms with E-state index in [-0.39, 0.29) is 0 Å². The molecule has 0 aliphatic carbocycles. The molecular formula is C10H20N2S3. The van der Waals surface area contributed by atoms with Crippen LogP contribution in [0, 0.1) is 0 Å². The third-order valence-electron chi connectivity index (χ3n) is 2.36. The molecule has 0 aromatic carbocycles. The lowest BCUT2D eigenvalue weighted by atomic mass is 10.2. The number of nitrogens with two attached hydrogens (primary N) is 1. The van der Waals surface area contributed by atoms with E-state index in [4.69, 9.17) is 18.0 Å². The Bertz CT molecular complexity index is 191. The van der Waals surface area contributed by atoms with Crippen LogP contribution in [-0.2, 0) is 0 Å². The van der Waals surface area contributed by atoms with Gasteiger partial charge in [-0.15, -0.1) is 23.5 Å². The van der Waals surface area contributed by atoms with E-state index < -0.39 is 0 Å². The molecule has 1 rings (SSSR count). The zero-order valence-corrected chi connectivity index (χ0v) is 11.6. The van der Waals surface area contributed by atoms with Gasteiger partial charge in [-0.05, 0) is 18.6 Å². The van der Waals surface area contributed by atoms with Crippen LogP contribution < -0.4 is 11.1 Å². The van der Waals surface area contributed by atoms with Crippen LogP contribution in [0.4, 0.5) is 0 Å². The summed E-state index contributed by atoms with van der Waals surface area (Å²) in [5.41, 5.74) is 5.46. The van der Waals surface area contributed by atoms with Gasteiger partial charge in [0, 0.05) is 17.5 Å². The molecule has 0 spiro atoms. The van der Waals surface area contributed by atoms with Crippen LogP contribution in [-0.4, -0.2) is 27.2 Å². The molecule has 3 N–H and O–H groups in total. The Labute approximate surface area is 107 Å². The molecule has 1 aliphatic heterocycles. The van der Waals surface area contributed by atoms with Gasteiger partial charge in [-0.3, -0.25) is 0 Å². The van der Waals surface area contributed by atoms with Crippen molar-refractivity contribution in [1.82, 2.24) is 5.32 Å². The quantitative estimate of drug-likeness (QED) is 0.590. The molecule has 5 heteroatoms. The Morgan fingerprint density at radius 2 is 2.07 bits per heavy atom. The molecule has 88 valence electrons. The lowest BCUT2D eigenvalue weighted by molar-refractivity contribution is 0.688. The summed E-state index contributed by atoms with van der Waals surface area (Å²) in [5.74, 6) is 2.28. The Balaban J connectivity index is 2.10. The van der Waals surface area contributed by atoms with Crippen LogP contribution in [0.1, 0.15) is 32.6 Å². The fourth-order valence-corrected chi connectivity index (χ4v) is 4.69. The summed E-state index contributed by atoms with van der Waals surface area (Å²) >= 11 is 8.94. The molecule has 1 fully saturated rings. The fourth-order valence-electron chi connectivity index (χ4n) is 1.56. The molecule has 0 amide bonds. The lowest BCUT2D eigenvalue weighted by Crippen LogP contribution is -2.43. The normalized spacial score (nSPS) is 26.2. The molecule has 0 unspecified atom stereocenters. The molecule has 0 aromatic heterocycles. The van der Waals surface area contributed by atoms with Crippen molar-refractivity contribution in [2.24, 2.45) is 5.73 Å². The van der Waals surface area contributed by atoms with Crippen LogP contribution in [0.3, 0.4) is 0 Å². The maximum Gasteiger partial charge on any atom is 0.163 e. The van der Waals surface area contributed by atoms with Gasteiger partial charge >= 0.3 is 0 Å². The predicted molar refractivity (Wildman–Crippen MR) is 76.6 cm³/mol. The van der Waals surface area contributed by atoms with E-state index in [9.17, 15) is 0 Å². The summed E-state index contributed by atoms with van der Waals surface area (Å²) < 4.78 is 0.793. The SMILES string of the molecule is CCCCCC1SCC(NC(N)=S)CS1. The second-order valence-corrected chi connectivity index (χ2v) is 7.01. The maximum atomic E-state index is 5.46. The highest BCUT2D eigenvalue weighted by Crippen LogP contribution is 2.34. The molecule has 15 heavy (non-hydrogen) atoms. The van der Waals surface area contributed by atoms with Crippen molar-refractivity contribution in [3.8, 4) is 0 Å². The number of hydrogen-bond donors (Lipinski definition) is 2. The van der Waals surface area contributed by atoms with Crippen LogP contribution in [0.25, 0.3) is 0 Å². The minimum atomic E-state index is 0.436. The first-order valence-corrected chi connectivity index (χ1v) is 8.02. The van der Waals surface area contributed by atoms with Crippen molar-refractivity contribution in [1.29, 1.82) is 0 Å². The van der Waals surface area contributed by atoms with Gasteiger partial charge in [0.1, 0.15) is 0 Å². The summed E-state index contributed by atoms with van der Waals surface area (Å²) in [4.78, 5) is 0. The smallest absolute Gasteiger partial charge is 0.163 e. The van der Waals surface area contributed by atoms with Crippen molar-refractivity contribution < 1.29 is 0 Å². The average Bonchev–Trinajstić information content (AvgIpc) is 2.20. The average molecular weight is 264 g/mol. The number of nitrogens with one attached hydrogen (secondary N) is 1. The first kappa shape index (κ1) is 13.5. The molecule has 0 atom stereocenters. The van der Waals surface area contributed by atoms with Crippen molar-refractivity contribution in [3.05, 3.63) is 0 Å². The molecule has 1 saturated heterocycles. The van der Waals surface area contributed by atoms with Crippen LogP contribution >= 0.6 is 35.7 Å². The second-order valence-electron chi connectivity index (χ2n) is 3.80. The van der Waals surface area contributed by atoms with Crippen molar-refractivity contribution in [3.63, 3.8) is 0 Å². The summed E-state index contributed by atoms with van der Waals surface area (Å²) in [6.07, 6.45) is 5.40. The van der Waals surface area contributed by atoms with Crippen molar-refractivity contribution in [2.75, 3.05) is 11.5 Å².